The molecule has 0 saturated carbocycles. The molecule has 1 fully saturated rings. The molecular formula is C8H10N4O2S. The summed E-state index contributed by atoms with van der Waals surface area (Å²) in [6.45, 7) is 1.80. The molecule has 6 nitrogen and oxygen atoms in total. The topological polar surface area (TPSA) is 97.1 Å². The highest BCUT2D eigenvalue weighted by atomic mass is 32.1. The van der Waals surface area contributed by atoms with Crippen LogP contribution >= 0.6 is 11.5 Å². The number of aromatic nitrogens is 1. The summed E-state index contributed by atoms with van der Waals surface area (Å²) in [6.07, 6.45) is 0. The van der Waals surface area contributed by atoms with Crippen molar-refractivity contribution in [2.45, 2.75) is 12.5 Å². The molecule has 2 rings (SSSR count). The molecular weight excluding hydrogens is 216 g/mol. The second-order valence-electron chi connectivity index (χ2n) is 3.33. The molecule has 7 heteroatoms. The summed E-state index contributed by atoms with van der Waals surface area (Å²) in [5.74, 6) is -0.418. The van der Waals surface area contributed by atoms with Crippen molar-refractivity contribution < 1.29 is 9.59 Å². The Hall–Kier alpha value is -1.47. The maximum atomic E-state index is 11.7. The van der Waals surface area contributed by atoms with Crippen molar-refractivity contribution in [3.05, 3.63) is 16.6 Å². The molecule has 0 aliphatic carbocycles. The van der Waals surface area contributed by atoms with E-state index in [2.05, 4.69) is 15.0 Å². The van der Waals surface area contributed by atoms with E-state index in [4.69, 9.17) is 5.73 Å². The molecule has 80 valence electrons. The molecule has 1 aliphatic rings. The van der Waals surface area contributed by atoms with Crippen molar-refractivity contribution in [3.8, 4) is 0 Å². The third-order valence-corrected chi connectivity index (χ3v) is 3.18. The molecule has 1 aromatic rings. The zero-order valence-corrected chi connectivity index (χ0v) is 8.85. The third kappa shape index (κ3) is 1.31. The highest BCUT2D eigenvalue weighted by molar-refractivity contribution is 7.03. The number of rotatable bonds is 2. The number of amides is 3. The normalized spacial score (nSPS) is 25.2. The number of nitrogens with one attached hydrogen (secondary N) is 2. The lowest BCUT2D eigenvalue weighted by Gasteiger charge is -2.23. The minimum absolute atomic E-state index is 0.0177. The van der Waals surface area contributed by atoms with Gasteiger partial charge < -0.3 is 11.1 Å². The predicted molar refractivity (Wildman–Crippen MR) is 54.3 cm³/mol. The van der Waals surface area contributed by atoms with E-state index in [1.807, 2.05) is 0 Å². The molecule has 15 heavy (non-hydrogen) atoms. The maximum Gasteiger partial charge on any atom is 0.322 e. The van der Waals surface area contributed by atoms with Gasteiger partial charge in [0, 0.05) is 17.5 Å². The van der Waals surface area contributed by atoms with Crippen molar-refractivity contribution in [1.29, 1.82) is 0 Å². The molecule has 0 aromatic carbocycles. The van der Waals surface area contributed by atoms with Crippen LogP contribution in [0.3, 0.4) is 0 Å². The minimum atomic E-state index is -1.14. The highest BCUT2D eigenvalue weighted by Gasteiger charge is 2.48. The third-order valence-electron chi connectivity index (χ3n) is 2.46. The molecule has 1 aliphatic heterocycles. The number of hydrogen-bond donors (Lipinski definition) is 3. The van der Waals surface area contributed by atoms with Crippen LogP contribution in [0.25, 0.3) is 0 Å². The van der Waals surface area contributed by atoms with E-state index in [0.717, 1.165) is 0 Å². The smallest absolute Gasteiger partial charge is 0.322 e. The van der Waals surface area contributed by atoms with Gasteiger partial charge in [0.15, 0.2) is 5.54 Å². The van der Waals surface area contributed by atoms with Crippen LogP contribution in [-0.2, 0) is 10.3 Å². The highest BCUT2D eigenvalue weighted by Crippen LogP contribution is 2.27. The fraction of sp³-hybridized carbons (Fsp3) is 0.375. The van der Waals surface area contributed by atoms with E-state index in [1.54, 1.807) is 12.3 Å². The van der Waals surface area contributed by atoms with Gasteiger partial charge in [0.25, 0.3) is 5.91 Å². The number of aryl methyl sites for hydroxylation is 1. The van der Waals surface area contributed by atoms with E-state index in [9.17, 15) is 9.59 Å². The van der Waals surface area contributed by atoms with Crippen LogP contribution in [0.4, 0.5) is 4.79 Å². The Bertz CT molecular complexity index is 430. The van der Waals surface area contributed by atoms with Gasteiger partial charge in [-0.2, -0.15) is 4.37 Å². The van der Waals surface area contributed by atoms with Crippen molar-refractivity contribution in [2.24, 2.45) is 5.73 Å². The SMILES string of the molecule is Cc1nscc1C1(CN)NC(=O)NC1=O. The lowest BCUT2D eigenvalue weighted by molar-refractivity contribution is -0.123. The zero-order chi connectivity index (χ0) is 11.1. The fourth-order valence-corrected chi connectivity index (χ4v) is 2.42. The second-order valence-corrected chi connectivity index (χ2v) is 3.96. The first kappa shape index (κ1) is 10.1. The number of imide groups is 1. The number of hydrogen-bond acceptors (Lipinski definition) is 5. The first-order valence-corrected chi connectivity index (χ1v) is 5.19. The zero-order valence-electron chi connectivity index (χ0n) is 8.03. The molecule has 0 bridgehead atoms. The summed E-state index contributed by atoms with van der Waals surface area (Å²) in [5, 5.41) is 6.46. The number of nitrogens with two attached hydrogens (primary N) is 1. The monoisotopic (exact) mass is 226 g/mol. The maximum absolute atomic E-state index is 11.7. The Morgan fingerprint density at radius 3 is 2.73 bits per heavy atom. The molecule has 1 saturated heterocycles. The Kier molecular flexibility index (Phi) is 2.20. The first-order valence-electron chi connectivity index (χ1n) is 4.35. The van der Waals surface area contributed by atoms with Crippen molar-refractivity contribution >= 4 is 23.5 Å². The van der Waals surface area contributed by atoms with E-state index >= 15 is 0 Å². The van der Waals surface area contributed by atoms with Gasteiger partial charge in [-0.15, -0.1) is 0 Å². The number of urea groups is 1. The molecule has 1 atom stereocenters. The average molecular weight is 226 g/mol. The minimum Gasteiger partial charge on any atom is -0.327 e. The number of nitrogens with zero attached hydrogens (tertiary/aromatic N) is 1. The van der Waals surface area contributed by atoms with Gasteiger partial charge >= 0.3 is 6.03 Å². The summed E-state index contributed by atoms with van der Waals surface area (Å²) >= 11 is 1.23. The Labute approximate surface area is 90.0 Å². The molecule has 4 N–H and O–H groups in total. The Morgan fingerprint density at radius 1 is 1.60 bits per heavy atom. The predicted octanol–water partition coefficient (Wildman–Crippen LogP) is -0.555. The quantitative estimate of drug-likeness (QED) is 0.589. The van der Waals surface area contributed by atoms with Gasteiger partial charge in [-0.3, -0.25) is 10.1 Å². The number of carbonyl (C=O) groups excluding carboxylic acids is 2. The largest absolute Gasteiger partial charge is 0.327 e. The molecule has 0 spiro atoms. The van der Waals surface area contributed by atoms with Gasteiger partial charge in [0.2, 0.25) is 0 Å². The Morgan fingerprint density at radius 2 is 2.33 bits per heavy atom. The van der Waals surface area contributed by atoms with E-state index < -0.39 is 17.5 Å². The van der Waals surface area contributed by atoms with Gasteiger partial charge in [0.05, 0.1) is 5.69 Å². The van der Waals surface area contributed by atoms with Crippen LogP contribution in [0.5, 0.6) is 0 Å². The molecule has 2 heterocycles. The summed E-state index contributed by atoms with van der Waals surface area (Å²) in [4.78, 5) is 22.8. The standard InChI is InChI=1S/C8H10N4O2S/c1-4-5(2-15-12-4)8(3-9)6(13)10-7(14)11-8/h2H,3,9H2,1H3,(H2,10,11,13,14). The summed E-state index contributed by atoms with van der Waals surface area (Å²) in [6, 6.07) is -0.518. The second kappa shape index (κ2) is 3.28. The average Bonchev–Trinajstić information content (AvgIpc) is 2.71. The first-order chi connectivity index (χ1) is 7.10. The van der Waals surface area contributed by atoms with E-state index in [1.165, 1.54) is 11.5 Å². The van der Waals surface area contributed by atoms with Gasteiger partial charge in [-0.1, -0.05) is 0 Å². The summed E-state index contributed by atoms with van der Waals surface area (Å²) in [7, 11) is 0. The molecule has 1 unspecified atom stereocenters. The van der Waals surface area contributed by atoms with Gasteiger partial charge in [-0.25, -0.2) is 4.79 Å². The van der Waals surface area contributed by atoms with Crippen LogP contribution in [0.1, 0.15) is 11.3 Å². The molecule has 1 aromatic heterocycles. The molecule has 0 radical (unpaired) electrons. The lowest BCUT2D eigenvalue weighted by Crippen LogP contribution is -2.50. The van der Waals surface area contributed by atoms with Crippen LogP contribution < -0.4 is 16.4 Å². The summed E-state index contributed by atoms with van der Waals surface area (Å²) in [5.41, 5.74) is 5.81. The Balaban J connectivity index is 2.51. The number of carbonyl (C=O) groups is 2. The van der Waals surface area contributed by atoms with Crippen LogP contribution in [-0.4, -0.2) is 22.9 Å². The van der Waals surface area contributed by atoms with Crippen LogP contribution in [0.2, 0.25) is 0 Å². The summed E-state index contributed by atoms with van der Waals surface area (Å²) < 4.78 is 4.07. The van der Waals surface area contributed by atoms with Crippen molar-refractivity contribution in [2.75, 3.05) is 6.54 Å². The van der Waals surface area contributed by atoms with Gasteiger partial charge in [-0.05, 0) is 18.5 Å². The van der Waals surface area contributed by atoms with Gasteiger partial charge in [0.1, 0.15) is 0 Å². The molecule has 3 amide bonds. The van der Waals surface area contributed by atoms with Crippen LogP contribution in [0, 0.1) is 6.92 Å². The lowest BCUT2D eigenvalue weighted by atomic mass is 9.91. The van der Waals surface area contributed by atoms with Crippen molar-refractivity contribution in [1.82, 2.24) is 15.0 Å². The van der Waals surface area contributed by atoms with E-state index in [-0.39, 0.29) is 6.54 Å². The van der Waals surface area contributed by atoms with E-state index in [0.29, 0.717) is 11.3 Å². The fourth-order valence-electron chi connectivity index (χ4n) is 1.64. The van der Waals surface area contributed by atoms with Crippen molar-refractivity contribution in [3.63, 3.8) is 0 Å². The van der Waals surface area contributed by atoms with Crippen LogP contribution in [0.15, 0.2) is 5.38 Å².